The van der Waals surface area contributed by atoms with E-state index in [4.69, 9.17) is 4.74 Å². The molecule has 0 unspecified atom stereocenters. The molecule has 10 heavy (non-hydrogen) atoms. The molecular formula is C8H10OXe. The van der Waals surface area contributed by atoms with Crippen molar-refractivity contribution >= 4 is 0 Å². The molecule has 0 aromatic heterocycles. The maximum atomic E-state index is 5.01. The van der Waals surface area contributed by atoms with Gasteiger partial charge in [-0.2, -0.15) is 0 Å². The Bertz CT molecular complexity index is 170. The van der Waals surface area contributed by atoms with Crippen LogP contribution < -0.4 is 4.74 Å². The fourth-order valence-corrected chi connectivity index (χ4v) is 1.22. The van der Waals surface area contributed by atoms with Crippen LogP contribution in [0.4, 0.5) is 0 Å². The van der Waals surface area contributed by atoms with Crippen LogP contribution in [-0.2, 0) is 0.889 Å². The molecule has 1 rings (SSSR count). The molecule has 1 aromatic rings. The fraction of sp³-hybridized carbons (Fsp3) is 0.250. The molecule has 0 heterocycles. The number of methoxy groups -OCH3 is 1. The predicted molar refractivity (Wildman–Crippen MR) is 38.1 cm³/mol. The van der Waals surface area contributed by atoms with Crippen LogP contribution in [0.25, 0.3) is 0 Å². The summed E-state index contributed by atoms with van der Waals surface area (Å²) in [5, 5.41) is 0. The van der Waals surface area contributed by atoms with Gasteiger partial charge in [-0.15, -0.1) is 0 Å². The van der Waals surface area contributed by atoms with E-state index < -0.39 is 0 Å². The van der Waals surface area contributed by atoms with E-state index in [1.807, 2.05) is 12.1 Å². The van der Waals surface area contributed by atoms with Crippen molar-refractivity contribution in [3.8, 4) is 5.75 Å². The molecule has 1 aromatic carbocycles. The molecule has 2 heteroatoms. The summed E-state index contributed by atoms with van der Waals surface area (Å²) in [6.07, 6.45) is 0. The summed E-state index contributed by atoms with van der Waals surface area (Å²) in [6.45, 7) is 0. The van der Waals surface area contributed by atoms with Crippen LogP contribution in [-0.4, -0.2) is 7.11 Å². The summed E-state index contributed by atoms with van der Waals surface area (Å²) in [7, 11) is 1.68. The second kappa shape index (κ2) is 4.47. The van der Waals surface area contributed by atoms with E-state index in [1.54, 1.807) is 7.11 Å². The van der Waals surface area contributed by atoms with E-state index >= 15 is 0 Å². The van der Waals surface area contributed by atoms with Crippen molar-refractivity contribution < 1.29 is 51.3 Å². The molecule has 0 aliphatic rings. The summed E-state index contributed by atoms with van der Waals surface area (Å²) in [4.78, 5) is 0. The van der Waals surface area contributed by atoms with Crippen molar-refractivity contribution in [2.45, 2.75) is 0.889 Å². The minimum atomic E-state index is 0.925. The Morgan fingerprint density at radius 1 is 1.30 bits per heavy atom. The molecule has 0 amide bonds. The predicted octanol–water partition coefficient (Wildman–Crippen LogP) is 1.48. The third-order valence-electron chi connectivity index (χ3n) is 1.31. The average Bonchev–Trinajstić information content (AvgIpc) is 2.05. The van der Waals surface area contributed by atoms with E-state index in [9.17, 15) is 0 Å². The number of hydrogen-bond acceptors (Lipinski definition) is 1. The first-order chi connectivity index (χ1) is 4.86. The van der Waals surface area contributed by atoms with Gasteiger partial charge in [0.25, 0.3) is 0 Å². The molecule has 0 aliphatic carbocycles. The summed E-state index contributed by atoms with van der Waals surface area (Å²) >= 11 is 2.34. The molecule has 56 valence electrons. The van der Waals surface area contributed by atoms with Crippen LogP contribution in [0.1, 0.15) is 5.56 Å². The van der Waals surface area contributed by atoms with Gasteiger partial charge >= 0.3 is 94.8 Å². The molecule has 0 fully saturated rings. The Morgan fingerprint density at radius 2 is 1.90 bits per heavy atom. The van der Waals surface area contributed by atoms with Crippen molar-refractivity contribution in [3.05, 3.63) is 29.8 Å². The molecule has 0 saturated heterocycles. The third-order valence-corrected chi connectivity index (χ3v) is 2.19. The normalized spacial score (nSPS) is 9.50. The third kappa shape index (κ3) is 2.33. The van der Waals surface area contributed by atoms with Crippen LogP contribution in [0.5, 0.6) is 5.75 Å². The quantitative estimate of drug-likeness (QED) is 0.776. The zero-order valence-corrected chi connectivity index (χ0v) is 7.96. The first-order valence-electron chi connectivity index (χ1n) is 3.05. The molecule has 1 nitrogen and oxygen atoms in total. The van der Waals surface area contributed by atoms with Crippen molar-refractivity contribution in [1.29, 1.82) is 0 Å². The minimum absolute atomic E-state index is 0.925. The summed E-state index contributed by atoms with van der Waals surface area (Å²) in [5.41, 5.74) is 1.33. The average molecular weight is 253 g/mol. The number of rotatable bonds is 2. The van der Waals surface area contributed by atoms with Crippen LogP contribution in [0.2, 0.25) is 0 Å². The van der Waals surface area contributed by atoms with Gasteiger partial charge in [-0.25, -0.2) is 0 Å². The topological polar surface area (TPSA) is 9.23 Å². The van der Waals surface area contributed by atoms with Gasteiger partial charge in [0.1, 0.15) is 0 Å². The van der Waals surface area contributed by atoms with Gasteiger partial charge in [-0.05, 0) is 0 Å². The monoisotopic (exact) mass is 254 g/mol. The molecule has 0 saturated carbocycles. The zero-order chi connectivity index (χ0) is 7.40. The van der Waals surface area contributed by atoms with Crippen LogP contribution >= 0.6 is 0 Å². The van der Waals surface area contributed by atoms with E-state index in [1.165, 1.54) is 5.56 Å². The second-order valence-corrected chi connectivity index (χ2v) is 2.74. The SMILES string of the molecule is COc1ccc(C[XeH])cc1. The van der Waals surface area contributed by atoms with Crippen LogP contribution in [0.15, 0.2) is 24.3 Å². The molecule has 0 spiro atoms. The van der Waals surface area contributed by atoms with Gasteiger partial charge in [-0.1, -0.05) is 0 Å². The van der Waals surface area contributed by atoms with Crippen molar-refractivity contribution in [1.82, 2.24) is 0 Å². The number of ether oxygens (including phenoxy) is 1. The fourth-order valence-electron chi connectivity index (χ4n) is 0.715. The first kappa shape index (κ1) is 8.69. The van der Waals surface area contributed by atoms with Crippen molar-refractivity contribution in [3.63, 3.8) is 0 Å². The van der Waals surface area contributed by atoms with Gasteiger partial charge in [0, 0.05) is 0 Å². The standard InChI is InChI=1S/C8H10OXe/c1-9-8-4-2-7(6-10)3-5-8/h2-5,10H,6H2,1H3. The van der Waals surface area contributed by atoms with Gasteiger partial charge in [0.2, 0.25) is 0 Å². The number of benzene rings is 1. The number of hydrogen-bond donors (Lipinski definition) is 0. The molecule has 0 bridgehead atoms. The first-order valence-corrected chi connectivity index (χ1v) is 4.58. The van der Waals surface area contributed by atoms with E-state index in [-0.39, 0.29) is 0 Å². The van der Waals surface area contributed by atoms with Crippen molar-refractivity contribution in [2.24, 2.45) is 0 Å². The van der Waals surface area contributed by atoms with Gasteiger partial charge in [0.05, 0.1) is 0 Å². The Hall–Kier alpha value is 0.591. The van der Waals surface area contributed by atoms with Gasteiger partial charge < -0.3 is 0 Å². The van der Waals surface area contributed by atoms with E-state index in [0.29, 0.717) is 0 Å². The zero-order valence-electron chi connectivity index (χ0n) is 5.80. The molecule has 0 radical (unpaired) electrons. The summed E-state index contributed by atoms with van der Waals surface area (Å²) < 4.78 is 6.07. The molecule has 0 aliphatic heterocycles. The Morgan fingerprint density at radius 3 is 2.30 bits per heavy atom. The summed E-state index contributed by atoms with van der Waals surface area (Å²) in [6, 6.07) is 8.11. The van der Waals surface area contributed by atoms with Crippen LogP contribution in [0.3, 0.4) is 0 Å². The van der Waals surface area contributed by atoms with Crippen molar-refractivity contribution in [2.75, 3.05) is 7.11 Å². The van der Waals surface area contributed by atoms with Gasteiger partial charge in [0.15, 0.2) is 0 Å². The van der Waals surface area contributed by atoms with Gasteiger partial charge in [-0.3, -0.25) is 0 Å². The maximum absolute atomic E-state index is 5.01. The molecular weight excluding hydrogens is 243 g/mol. The van der Waals surface area contributed by atoms with Crippen LogP contribution in [0, 0.1) is 46.5 Å². The Balaban J connectivity index is 2.80. The van der Waals surface area contributed by atoms with E-state index in [2.05, 4.69) is 58.7 Å². The molecule has 0 atom stereocenters. The molecule has 0 N–H and O–H groups in total. The van der Waals surface area contributed by atoms with E-state index in [0.717, 1.165) is 6.64 Å². The Kier molecular flexibility index (Phi) is 3.88. The Labute approximate surface area is 93.5 Å². The second-order valence-electron chi connectivity index (χ2n) is 1.98. The summed E-state index contributed by atoms with van der Waals surface area (Å²) in [5.74, 6) is 0.925.